The van der Waals surface area contributed by atoms with Gasteiger partial charge in [0.25, 0.3) is 11.1 Å². The Morgan fingerprint density at radius 2 is 1.79 bits per heavy atom. The Labute approximate surface area is 253 Å². The molecule has 0 aliphatic heterocycles. The Morgan fingerprint density at radius 1 is 1.02 bits per heavy atom. The molecule has 2 amide bonds. The molecule has 1 fully saturated rings. The highest BCUT2D eigenvalue weighted by molar-refractivity contribution is 9.10. The summed E-state index contributed by atoms with van der Waals surface area (Å²) in [6, 6.07) is 11.6. The van der Waals surface area contributed by atoms with E-state index in [4.69, 9.17) is 0 Å². The minimum Gasteiger partial charge on any atom is -0.352 e. The average Bonchev–Trinajstić information content (AvgIpc) is 3.80. The highest BCUT2D eigenvalue weighted by Gasteiger charge is 2.31. The van der Waals surface area contributed by atoms with Crippen molar-refractivity contribution in [2.24, 2.45) is 7.05 Å². The van der Waals surface area contributed by atoms with Crippen molar-refractivity contribution in [2.45, 2.75) is 45.1 Å². The van der Waals surface area contributed by atoms with Crippen LogP contribution in [0.15, 0.2) is 67.4 Å². The van der Waals surface area contributed by atoms with Crippen LogP contribution in [0.1, 0.15) is 45.1 Å². The summed E-state index contributed by atoms with van der Waals surface area (Å²) in [6.45, 7) is 1.74. The van der Waals surface area contributed by atoms with Gasteiger partial charge in [-0.2, -0.15) is 0 Å². The monoisotopic (exact) mass is 652 g/mol. The van der Waals surface area contributed by atoms with Gasteiger partial charge >= 0.3 is 5.69 Å². The number of anilines is 3. The maximum atomic E-state index is 14.8. The first-order chi connectivity index (χ1) is 20.6. The molecule has 2 aromatic heterocycles. The number of carbonyl (C=O) groups excluding carboxylic acids is 2. The molecule has 4 aromatic rings. The Hall–Kier alpha value is -4.52. The van der Waals surface area contributed by atoms with Crippen LogP contribution in [0.25, 0.3) is 16.7 Å². The van der Waals surface area contributed by atoms with Crippen molar-refractivity contribution in [2.75, 3.05) is 17.2 Å². The second kappa shape index (κ2) is 12.4. The van der Waals surface area contributed by atoms with Crippen LogP contribution in [0, 0.1) is 5.82 Å². The van der Waals surface area contributed by atoms with Crippen molar-refractivity contribution in [1.29, 1.82) is 0 Å². The van der Waals surface area contributed by atoms with E-state index in [2.05, 4.69) is 31.9 Å². The van der Waals surface area contributed by atoms with Crippen molar-refractivity contribution < 1.29 is 14.0 Å². The van der Waals surface area contributed by atoms with E-state index in [9.17, 15) is 28.4 Å². The number of hydrogen-bond acceptors (Lipinski definition) is 6. The second-order valence-electron chi connectivity index (χ2n) is 10.4. The number of amides is 2. The Bertz CT molecular complexity index is 1930. The molecule has 0 bridgehead atoms. The van der Waals surface area contributed by atoms with Gasteiger partial charge in [-0.3, -0.25) is 28.3 Å². The van der Waals surface area contributed by atoms with Gasteiger partial charge in [0, 0.05) is 35.7 Å². The second-order valence-corrected chi connectivity index (χ2v) is 11.3. The molecule has 0 spiro atoms. The van der Waals surface area contributed by atoms with Gasteiger partial charge in [0.1, 0.15) is 16.9 Å². The van der Waals surface area contributed by atoms with E-state index < -0.39 is 28.5 Å². The van der Waals surface area contributed by atoms with Crippen LogP contribution in [0.3, 0.4) is 0 Å². The molecule has 224 valence electrons. The molecular weight excluding hydrogens is 623 g/mol. The Balaban J connectivity index is 1.62. The molecule has 0 saturated heterocycles. The predicted molar refractivity (Wildman–Crippen MR) is 166 cm³/mol. The molecule has 3 N–H and O–H groups in total. The van der Waals surface area contributed by atoms with Gasteiger partial charge in [-0.05, 0) is 55.7 Å². The number of nitrogens with zero attached hydrogens (tertiary/aromatic N) is 3. The first kappa shape index (κ1) is 30.0. The molecule has 43 heavy (non-hydrogen) atoms. The SMILES string of the molecule is CCCCC(=O)NCC(=O)Nc1cccc(-n2c(=O)n(C3CC3)c(=O)c3c(Nc4ccc(Br)cc4F)cc(=O)n(C)c32)c1. The van der Waals surface area contributed by atoms with Crippen molar-refractivity contribution >= 4 is 55.8 Å². The van der Waals surface area contributed by atoms with E-state index in [0.29, 0.717) is 29.4 Å². The number of nitrogens with one attached hydrogen (secondary N) is 3. The zero-order valence-corrected chi connectivity index (χ0v) is 25.2. The number of rotatable bonds is 10. The van der Waals surface area contributed by atoms with Gasteiger partial charge in [0.2, 0.25) is 11.8 Å². The lowest BCUT2D eigenvalue weighted by Gasteiger charge is -2.19. The minimum atomic E-state index is -0.645. The van der Waals surface area contributed by atoms with E-state index in [1.165, 1.54) is 34.4 Å². The number of aryl methyl sites for hydroxylation is 1. The van der Waals surface area contributed by atoms with Gasteiger partial charge in [0.15, 0.2) is 0 Å². The molecule has 13 heteroatoms. The molecule has 1 saturated carbocycles. The molecule has 11 nitrogen and oxygen atoms in total. The first-order valence-corrected chi connectivity index (χ1v) is 14.7. The summed E-state index contributed by atoms with van der Waals surface area (Å²) in [7, 11) is 1.44. The molecule has 2 aromatic carbocycles. The van der Waals surface area contributed by atoms with Crippen LogP contribution < -0.4 is 32.8 Å². The number of hydrogen-bond donors (Lipinski definition) is 3. The summed E-state index contributed by atoms with van der Waals surface area (Å²) in [6.07, 6.45) is 3.18. The molecule has 1 aliphatic carbocycles. The molecular formula is C30H30BrFN6O5. The summed E-state index contributed by atoms with van der Waals surface area (Å²) in [5.74, 6) is -1.29. The third-order valence-corrected chi connectivity index (χ3v) is 7.65. The van der Waals surface area contributed by atoms with E-state index >= 15 is 0 Å². The molecule has 1 aliphatic rings. The summed E-state index contributed by atoms with van der Waals surface area (Å²) in [5, 5.41) is 8.20. The van der Waals surface area contributed by atoms with Crippen molar-refractivity contribution in [3.8, 4) is 5.69 Å². The van der Waals surface area contributed by atoms with Crippen LogP contribution in [0.4, 0.5) is 21.5 Å². The van der Waals surface area contributed by atoms with Gasteiger partial charge < -0.3 is 16.0 Å². The quantitative estimate of drug-likeness (QED) is 0.236. The lowest BCUT2D eigenvalue weighted by Crippen LogP contribution is -2.41. The molecule has 0 atom stereocenters. The van der Waals surface area contributed by atoms with E-state index in [1.54, 1.807) is 30.3 Å². The number of benzene rings is 2. The van der Waals surface area contributed by atoms with Crippen molar-refractivity contribution in [1.82, 2.24) is 19.0 Å². The van der Waals surface area contributed by atoms with E-state index in [1.807, 2.05) is 6.92 Å². The summed E-state index contributed by atoms with van der Waals surface area (Å²) in [5.41, 5.74) is -1.05. The van der Waals surface area contributed by atoms with Gasteiger partial charge in [0.05, 0.1) is 23.6 Å². The lowest BCUT2D eigenvalue weighted by molar-refractivity contribution is -0.124. The Kier molecular flexibility index (Phi) is 8.62. The summed E-state index contributed by atoms with van der Waals surface area (Å²) < 4.78 is 18.9. The van der Waals surface area contributed by atoms with Gasteiger partial charge in [-0.15, -0.1) is 0 Å². The lowest BCUT2D eigenvalue weighted by atomic mass is 10.2. The van der Waals surface area contributed by atoms with E-state index in [0.717, 1.165) is 17.4 Å². The zero-order valence-electron chi connectivity index (χ0n) is 23.6. The highest BCUT2D eigenvalue weighted by Crippen LogP contribution is 2.34. The first-order valence-electron chi connectivity index (χ1n) is 13.9. The highest BCUT2D eigenvalue weighted by atomic mass is 79.9. The number of aromatic nitrogens is 3. The van der Waals surface area contributed by atoms with Crippen LogP contribution in [-0.2, 0) is 16.6 Å². The third-order valence-electron chi connectivity index (χ3n) is 7.15. The molecule has 0 unspecified atom stereocenters. The average molecular weight is 654 g/mol. The van der Waals surface area contributed by atoms with Crippen molar-refractivity contribution in [3.05, 3.63) is 90.0 Å². The van der Waals surface area contributed by atoms with Crippen LogP contribution in [-0.4, -0.2) is 32.1 Å². The van der Waals surface area contributed by atoms with Gasteiger partial charge in [-0.1, -0.05) is 35.3 Å². The van der Waals surface area contributed by atoms with E-state index in [-0.39, 0.29) is 46.6 Å². The van der Waals surface area contributed by atoms with Crippen LogP contribution in [0.5, 0.6) is 0 Å². The number of unbranched alkanes of at least 4 members (excludes halogenated alkanes) is 1. The zero-order chi connectivity index (χ0) is 30.8. The fourth-order valence-electron chi connectivity index (χ4n) is 4.82. The molecule has 5 rings (SSSR count). The summed E-state index contributed by atoms with van der Waals surface area (Å²) >= 11 is 3.22. The smallest absolute Gasteiger partial charge is 0.337 e. The standard InChI is InChI=1S/C30H30BrFN6O5/c1-3-4-8-24(39)33-16-25(40)34-18-6-5-7-20(14-18)37-28-27(29(42)38(30(37)43)19-10-11-19)23(15-26(41)36(28)2)35-22-12-9-17(31)13-21(22)32/h5-7,9,12-15,19,35H,3-4,8,10-11,16H2,1-2H3,(H,33,39)(H,34,40). The normalized spacial score (nSPS) is 12.7. The van der Waals surface area contributed by atoms with Crippen LogP contribution >= 0.6 is 15.9 Å². The van der Waals surface area contributed by atoms with Crippen molar-refractivity contribution in [3.63, 3.8) is 0 Å². The number of fused-ring (bicyclic) bond motifs is 1. The molecule has 2 heterocycles. The number of halogens is 2. The fourth-order valence-corrected chi connectivity index (χ4v) is 5.15. The largest absolute Gasteiger partial charge is 0.352 e. The number of carbonyl (C=O) groups is 2. The predicted octanol–water partition coefficient (Wildman–Crippen LogP) is 4.08. The third kappa shape index (κ3) is 6.31. The fraction of sp³-hybridized carbons (Fsp3) is 0.300. The summed E-state index contributed by atoms with van der Waals surface area (Å²) in [4.78, 5) is 65.3. The Morgan fingerprint density at radius 3 is 2.49 bits per heavy atom. The van der Waals surface area contributed by atoms with Gasteiger partial charge in [-0.25, -0.2) is 13.8 Å². The topological polar surface area (TPSA) is 136 Å². The molecule has 0 radical (unpaired) electrons. The van der Waals surface area contributed by atoms with Crippen LogP contribution in [0.2, 0.25) is 0 Å². The number of pyridine rings is 1. The maximum absolute atomic E-state index is 14.8. The maximum Gasteiger partial charge on any atom is 0.337 e. The minimum absolute atomic E-state index is 0.00563.